The van der Waals surface area contributed by atoms with E-state index in [9.17, 15) is 14.4 Å². The molecule has 0 heterocycles. The lowest BCUT2D eigenvalue weighted by molar-refractivity contribution is -0.167. The van der Waals surface area contributed by atoms with Crippen LogP contribution >= 0.6 is 0 Å². The molecule has 0 aromatic rings. The van der Waals surface area contributed by atoms with E-state index in [1.165, 1.54) is 154 Å². The summed E-state index contributed by atoms with van der Waals surface area (Å²) in [5, 5.41) is 0. The summed E-state index contributed by atoms with van der Waals surface area (Å²) in [7, 11) is 0. The normalized spacial score (nSPS) is 12.6. The van der Waals surface area contributed by atoms with Gasteiger partial charge in [-0.1, -0.05) is 261 Å². The van der Waals surface area contributed by atoms with Gasteiger partial charge in [0.15, 0.2) is 6.10 Å². The van der Waals surface area contributed by atoms with Gasteiger partial charge in [-0.2, -0.15) is 0 Å². The summed E-state index contributed by atoms with van der Waals surface area (Å²) >= 11 is 0. The molecule has 0 radical (unpaired) electrons. The number of ether oxygens (including phenoxy) is 3. The Kier molecular flexibility index (Phi) is 54.8. The van der Waals surface area contributed by atoms with E-state index in [-0.39, 0.29) is 31.1 Å². The summed E-state index contributed by atoms with van der Waals surface area (Å²) in [4.78, 5) is 38.2. The highest BCUT2D eigenvalue weighted by molar-refractivity contribution is 5.71. The van der Waals surface area contributed by atoms with Crippen LogP contribution in [0.1, 0.15) is 290 Å². The molecule has 6 heteroatoms. The molecule has 0 saturated heterocycles. The third-order valence-corrected chi connectivity index (χ3v) is 12.7. The van der Waals surface area contributed by atoms with Crippen molar-refractivity contribution in [3.63, 3.8) is 0 Å². The van der Waals surface area contributed by atoms with Crippen LogP contribution in [0.2, 0.25) is 0 Å². The van der Waals surface area contributed by atoms with Crippen molar-refractivity contribution in [3.8, 4) is 0 Å². The molecular formula is C63H110O6. The Hall–Kier alpha value is -3.15. The lowest BCUT2D eigenvalue weighted by Crippen LogP contribution is -2.30. The first kappa shape index (κ1) is 65.8. The SMILES string of the molecule is CC/C=C\C/C=C\C/C=C\C/C=C\CCCCCCCCC(=O)OCC(COC(=O)CCCCCCCC/C=C\C=C/CCCCC)OC(=O)CCCCCCCCCCCCCCCCCCC. The van der Waals surface area contributed by atoms with Gasteiger partial charge in [-0.05, 0) is 83.5 Å². The van der Waals surface area contributed by atoms with Crippen LogP contribution in [-0.2, 0) is 28.6 Å². The second-order valence-corrected chi connectivity index (χ2v) is 19.6. The summed E-state index contributed by atoms with van der Waals surface area (Å²) in [5.41, 5.74) is 0. The number of allylic oxidation sites excluding steroid dienone is 12. The van der Waals surface area contributed by atoms with Gasteiger partial charge in [0, 0.05) is 19.3 Å². The fraction of sp³-hybridized carbons (Fsp3) is 0.762. The first-order valence-corrected chi connectivity index (χ1v) is 29.5. The van der Waals surface area contributed by atoms with Gasteiger partial charge in [-0.25, -0.2) is 0 Å². The van der Waals surface area contributed by atoms with Crippen LogP contribution in [0, 0.1) is 0 Å². The molecule has 1 unspecified atom stereocenters. The Labute approximate surface area is 427 Å². The van der Waals surface area contributed by atoms with Crippen LogP contribution in [0.4, 0.5) is 0 Å². The number of hydrogen-bond donors (Lipinski definition) is 0. The van der Waals surface area contributed by atoms with Crippen LogP contribution in [0.25, 0.3) is 0 Å². The van der Waals surface area contributed by atoms with Crippen molar-refractivity contribution in [2.24, 2.45) is 0 Å². The molecule has 0 rings (SSSR count). The molecular weight excluding hydrogens is 853 g/mol. The first-order chi connectivity index (χ1) is 34.0. The number of carbonyl (C=O) groups excluding carboxylic acids is 3. The van der Waals surface area contributed by atoms with Crippen molar-refractivity contribution in [1.29, 1.82) is 0 Å². The maximum atomic E-state index is 12.9. The highest BCUT2D eigenvalue weighted by atomic mass is 16.6. The number of rotatable bonds is 53. The number of unbranched alkanes of at least 4 members (excludes halogenated alkanes) is 31. The molecule has 0 amide bonds. The highest BCUT2D eigenvalue weighted by Crippen LogP contribution is 2.16. The third kappa shape index (κ3) is 55.6. The minimum Gasteiger partial charge on any atom is -0.462 e. The summed E-state index contributed by atoms with van der Waals surface area (Å²) < 4.78 is 16.9. The predicted octanol–water partition coefficient (Wildman–Crippen LogP) is 19.8. The Morgan fingerprint density at radius 2 is 0.609 bits per heavy atom. The largest absolute Gasteiger partial charge is 0.462 e. The van der Waals surface area contributed by atoms with Gasteiger partial charge in [0.2, 0.25) is 0 Å². The Morgan fingerprint density at radius 3 is 1.00 bits per heavy atom. The zero-order valence-corrected chi connectivity index (χ0v) is 45.6. The molecule has 6 nitrogen and oxygen atoms in total. The van der Waals surface area contributed by atoms with Gasteiger partial charge in [-0.3, -0.25) is 14.4 Å². The molecule has 0 aromatic heterocycles. The van der Waals surface area contributed by atoms with Crippen molar-refractivity contribution >= 4 is 17.9 Å². The second kappa shape index (κ2) is 57.4. The van der Waals surface area contributed by atoms with E-state index in [2.05, 4.69) is 93.7 Å². The lowest BCUT2D eigenvalue weighted by atomic mass is 10.0. The lowest BCUT2D eigenvalue weighted by Gasteiger charge is -2.18. The van der Waals surface area contributed by atoms with Gasteiger partial charge < -0.3 is 14.2 Å². The molecule has 0 N–H and O–H groups in total. The molecule has 0 spiro atoms. The molecule has 0 aliphatic rings. The van der Waals surface area contributed by atoms with Crippen molar-refractivity contribution < 1.29 is 28.6 Å². The first-order valence-electron chi connectivity index (χ1n) is 29.5. The smallest absolute Gasteiger partial charge is 0.306 e. The predicted molar refractivity (Wildman–Crippen MR) is 298 cm³/mol. The summed E-state index contributed by atoms with van der Waals surface area (Å²) in [5.74, 6) is -0.896. The van der Waals surface area contributed by atoms with Crippen molar-refractivity contribution in [1.82, 2.24) is 0 Å². The quantitative estimate of drug-likeness (QED) is 0.0199. The van der Waals surface area contributed by atoms with Crippen LogP contribution in [0.15, 0.2) is 72.9 Å². The number of esters is 3. The van der Waals surface area contributed by atoms with Crippen molar-refractivity contribution in [3.05, 3.63) is 72.9 Å². The summed E-state index contributed by atoms with van der Waals surface area (Å²) in [6.07, 6.45) is 73.1. The van der Waals surface area contributed by atoms with Gasteiger partial charge in [0.25, 0.3) is 0 Å². The number of carbonyl (C=O) groups is 3. The van der Waals surface area contributed by atoms with E-state index < -0.39 is 6.10 Å². The maximum absolute atomic E-state index is 12.9. The Balaban J connectivity index is 4.40. The standard InChI is InChI=1S/C63H110O6/c1-4-7-10-13-16-19-22-25-28-30-31-33-35-38-41-44-47-50-53-56-62(65)68-59-60(58-67-61(64)55-52-49-46-43-40-37-34-27-24-21-18-15-12-9-6-3)69-63(66)57-54-51-48-45-42-39-36-32-29-26-23-20-17-14-11-8-5-2/h7,10,16,18-19,21,24-25,27-28,31,33,60H,4-6,8-9,11-15,17,20,22-23,26,29-30,32,34-59H2,1-3H3/b10-7-,19-16-,21-18-,27-24-,28-25-,33-31-. The molecule has 0 aliphatic carbocycles. The zero-order valence-electron chi connectivity index (χ0n) is 45.6. The third-order valence-electron chi connectivity index (χ3n) is 12.7. The van der Waals surface area contributed by atoms with Gasteiger partial charge >= 0.3 is 17.9 Å². The van der Waals surface area contributed by atoms with E-state index in [0.29, 0.717) is 19.3 Å². The van der Waals surface area contributed by atoms with Gasteiger partial charge in [-0.15, -0.1) is 0 Å². The van der Waals surface area contributed by atoms with Gasteiger partial charge in [0.05, 0.1) is 0 Å². The number of hydrogen-bond acceptors (Lipinski definition) is 6. The van der Waals surface area contributed by atoms with E-state index in [1.54, 1.807) is 0 Å². The molecule has 398 valence electrons. The zero-order chi connectivity index (χ0) is 50.0. The molecule has 1 atom stereocenters. The Morgan fingerprint density at radius 1 is 0.319 bits per heavy atom. The van der Waals surface area contributed by atoms with Crippen molar-refractivity contribution in [2.45, 2.75) is 297 Å². The van der Waals surface area contributed by atoms with Crippen LogP contribution in [0.5, 0.6) is 0 Å². The molecule has 0 aromatic carbocycles. The van der Waals surface area contributed by atoms with E-state index in [4.69, 9.17) is 14.2 Å². The maximum Gasteiger partial charge on any atom is 0.306 e. The second-order valence-electron chi connectivity index (χ2n) is 19.6. The van der Waals surface area contributed by atoms with E-state index >= 15 is 0 Å². The minimum atomic E-state index is -0.785. The average Bonchev–Trinajstić information content (AvgIpc) is 3.35. The summed E-state index contributed by atoms with van der Waals surface area (Å²) in [6, 6.07) is 0. The van der Waals surface area contributed by atoms with Crippen LogP contribution in [-0.4, -0.2) is 37.2 Å². The molecule has 0 aliphatic heterocycles. The molecule has 0 saturated carbocycles. The van der Waals surface area contributed by atoms with E-state index in [1.807, 2.05) is 0 Å². The van der Waals surface area contributed by atoms with Gasteiger partial charge in [0.1, 0.15) is 13.2 Å². The van der Waals surface area contributed by atoms with E-state index in [0.717, 1.165) is 96.3 Å². The van der Waals surface area contributed by atoms with Crippen molar-refractivity contribution in [2.75, 3.05) is 13.2 Å². The fourth-order valence-corrected chi connectivity index (χ4v) is 8.31. The average molecular weight is 964 g/mol. The monoisotopic (exact) mass is 963 g/mol. The fourth-order valence-electron chi connectivity index (χ4n) is 8.31. The molecule has 0 fully saturated rings. The molecule has 0 bridgehead atoms. The van der Waals surface area contributed by atoms with Crippen LogP contribution < -0.4 is 0 Å². The molecule has 69 heavy (non-hydrogen) atoms. The minimum absolute atomic E-state index is 0.0841. The topological polar surface area (TPSA) is 78.9 Å². The summed E-state index contributed by atoms with van der Waals surface area (Å²) in [6.45, 7) is 6.51. The highest BCUT2D eigenvalue weighted by Gasteiger charge is 2.19. The Bertz CT molecular complexity index is 1290. The van der Waals surface area contributed by atoms with Crippen LogP contribution in [0.3, 0.4) is 0 Å².